The summed E-state index contributed by atoms with van der Waals surface area (Å²) in [6, 6.07) is 15.8. The highest BCUT2D eigenvalue weighted by atomic mass is 32.2. The van der Waals surface area contributed by atoms with Gasteiger partial charge in [-0.15, -0.1) is 0 Å². The van der Waals surface area contributed by atoms with Gasteiger partial charge in [-0.25, -0.2) is 8.42 Å². The van der Waals surface area contributed by atoms with Crippen LogP contribution in [0.3, 0.4) is 0 Å². The first kappa shape index (κ1) is 21.0. The van der Waals surface area contributed by atoms with Gasteiger partial charge in [0.15, 0.2) is 0 Å². The van der Waals surface area contributed by atoms with Crippen LogP contribution in [0.2, 0.25) is 0 Å². The molecule has 1 aliphatic heterocycles. The zero-order valence-electron chi connectivity index (χ0n) is 16.0. The second-order valence-corrected chi connectivity index (χ2v) is 8.31. The van der Waals surface area contributed by atoms with Crippen molar-refractivity contribution in [3.05, 3.63) is 66.2 Å². The normalized spacial score (nSPS) is 15.3. The predicted molar refractivity (Wildman–Crippen MR) is 110 cm³/mol. The minimum absolute atomic E-state index is 0.204. The van der Waals surface area contributed by atoms with E-state index in [9.17, 15) is 13.2 Å². The lowest BCUT2D eigenvalue weighted by atomic mass is 10.2. The molecule has 1 aliphatic rings. The van der Waals surface area contributed by atoms with Crippen LogP contribution in [0.4, 0.5) is 0 Å². The number of hydrogen-bond donors (Lipinski definition) is 1. The van der Waals surface area contributed by atoms with Gasteiger partial charge in [-0.05, 0) is 35.9 Å². The molecular formula is C21H24N2O5S. The molecule has 1 heterocycles. The van der Waals surface area contributed by atoms with Crippen LogP contribution in [-0.4, -0.2) is 58.1 Å². The first-order chi connectivity index (χ1) is 14.1. The molecule has 1 fully saturated rings. The summed E-state index contributed by atoms with van der Waals surface area (Å²) >= 11 is 0. The van der Waals surface area contributed by atoms with Crippen molar-refractivity contribution < 1.29 is 22.7 Å². The monoisotopic (exact) mass is 416 g/mol. The molecule has 7 nitrogen and oxygen atoms in total. The van der Waals surface area contributed by atoms with Crippen LogP contribution in [0.1, 0.15) is 5.56 Å². The van der Waals surface area contributed by atoms with E-state index in [-0.39, 0.29) is 17.4 Å². The fourth-order valence-electron chi connectivity index (χ4n) is 2.78. The van der Waals surface area contributed by atoms with Crippen molar-refractivity contribution in [3.8, 4) is 5.75 Å². The van der Waals surface area contributed by atoms with Crippen LogP contribution < -0.4 is 10.1 Å². The zero-order valence-corrected chi connectivity index (χ0v) is 16.8. The van der Waals surface area contributed by atoms with Crippen molar-refractivity contribution in [2.45, 2.75) is 4.90 Å². The van der Waals surface area contributed by atoms with Crippen molar-refractivity contribution in [2.75, 3.05) is 39.5 Å². The maximum absolute atomic E-state index is 12.6. The van der Waals surface area contributed by atoms with Crippen LogP contribution >= 0.6 is 0 Å². The highest BCUT2D eigenvalue weighted by molar-refractivity contribution is 7.89. The zero-order chi connectivity index (χ0) is 20.5. The average molecular weight is 416 g/mol. The van der Waals surface area contributed by atoms with E-state index in [1.807, 2.05) is 30.3 Å². The average Bonchev–Trinajstić information content (AvgIpc) is 2.77. The summed E-state index contributed by atoms with van der Waals surface area (Å²) < 4.78 is 37.3. The minimum atomic E-state index is -3.51. The van der Waals surface area contributed by atoms with Crippen LogP contribution in [-0.2, 0) is 19.6 Å². The number of morpholine rings is 1. The second kappa shape index (κ2) is 10.2. The molecule has 2 aromatic rings. The highest BCUT2D eigenvalue weighted by Gasteiger charge is 2.26. The molecule has 1 saturated heterocycles. The van der Waals surface area contributed by atoms with E-state index in [0.29, 0.717) is 38.6 Å². The number of carbonyl (C=O) groups excluding carboxylic acids is 1. The van der Waals surface area contributed by atoms with E-state index in [1.54, 1.807) is 18.2 Å². The van der Waals surface area contributed by atoms with Crippen LogP contribution in [0, 0.1) is 0 Å². The quantitative estimate of drug-likeness (QED) is 0.525. The van der Waals surface area contributed by atoms with Crippen molar-refractivity contribution >= 4 is 22.0 Å². The number of rotatable bonds is 8. The predicted octanol–water partition coefficient (Wildman–Crippen LogP) is 1.92. The summed E-state index contributed by atoms with van der Waals surface area (Å²) in [4.78, 5) is 12.0. The van der Waals surface area contributed by atoms with Crippen LogP contribution in [0.25, 0.3) is 6.08 Å². The van der Waals surface area contributed by atoms with Crippen molar-refractivity contribution in [3.63, 3.8) is 0 Å². The minimum Gasteiger partial charge on any atom is -0.492 e. The van der Waals surface area contributed by atoms with E-state index in [2.05, 4.69) is 5.32 Å². The maximum atomic E-state index is 12.6. The molecule has 0 aliphatic carbocycles. The van der Waals surface area contributed by atoms with E-state index in [4.69, 9.17) is 9.47 Å². The summed E-state index contributed by atoms with van der Waals surface area (Å²) in [6.07, 6.45) is 3.21. The van der Waals surface area contributed by atoms with Gasteiger partial charge in [-0.3, -0.25) is 4.79 Å². The Morgan fingerprint density at radius 3 is 2.45 bits per heavy atom. The molecular weight excluding hydrogens is 392 g/mol. The molecule has 154 valence electrons. The largest absolute Gasteiger partial charge is 0.492 e. The van der Waals surface area contributed by atoms with E-state index in [0.717, 1.165) is 5.56 Å². The molecule has 0 atom stereocenters. The van der Waals surface area contributed by atoms with E-state index in [1.165, 1.54) is 22.5 Å². The Balaban J connectivity index is 1.43. The molecule has 8 heteroatoms. The summed E-state index contributed by atoms with van der Waals surface area (Å²) in [5.74, 6) is 0.337. The number of amides is 1. The summed E-state index contributed by atoms with van der Waals surface area (Å²) in [7, 11) is -3.51. The van der Waals surface area contributed by atoms with Gasteiger partial charge in [0.25, 0.3) is 0 Å². The Kier molecular flexibility index (Phi) is 7.40. The smallest absolute Gasteiger partial charge is 0.244 e. The van der Waals surface area contributed by atoms with E-state index < -0.39 is 10.0 Å². The lowest BCUT2D eigenvalue weighted by molar-refractivity contribution is -0.116. The Morgan fingerprint density at radius 2 is 1.76 bits per heavy atom. The SMILES string of the molecule is O=C(/C=C/c1ccccc1)NCCOc1ccc(S(=O)(=O)N2CCOCC2)cc1. The number of carbonyl (C=O) groups is 1. The van der Waals surface area contributed by atoms with Gasteiger partial charge in [-0.2, -0.15) is 4.31 Å². The third kappa shape index (κ3) is 6.15. The Morgan fingerprint density at radius 1 is 1.07 bits per heavy atom. The van der Waals surface area contributed by atoms with E-state index >= 15 is 0 Å². The van der Waals surface area contributed by atoms with Gasteiger partial charge in [0.2, 0.25) is 15.9 Å². The molecule has 2 aromatic carbocycles. The third-order valence-electron chi connectivity index (χ3n) is 4.33. The standard InChI is InChI=1S/C21H24N2O5S/c24-21(11-6-18-4-2-1-3-5-18)22-12-15-28-19-7-9-20(10-8-19)29(25,26)23-13-16-27-17-14-23/h1-11H,12-17H2,(H,22,24)/b11-6+. The fourth-order valence-corrected chi connectivity index (χ4v) is 4.19. The van der Waals surface area contributed by atoms with Crippen molar-refractivity contribution in [2.24, 2.45) is 0 Å². The summed E-state index contributed by atoms with van der Waals surface area (Å²) in [6.45, 7) is 2.16. The molecule has 1 amide bonds. The number of nitrogens with zero attached hydrogens (tertiary/aromatic N) is 1. The first-order valence-corrected chi connectivity index (χ1v) is 10.8. The number of benzene rings is 2. The summed E-state index contributed by atoms with van der Waals surface area (Å²) in [5.41, 5.74) is 0.950. The van der Waals surface area contributed by atoms with Gasteiger partial charge in [0.05, 0.1) is 24.7 Å². The van der Waals surface area contributed by atoms with Crippen molar-refractivity contribution in [1.29, 1.82) is 0 Å². The topological polar surface area (TPSA) is 84.9 Å². The number of hydrogen-bond acceptors (Lipinski definition) is 5. The lowest BCUT2D eigenvalue weighted by Crippen LogP contribution is -2.40. The van der Waals surface area contributed by atoms with Gasteiger partial charge in [0.1, 0.15) is 12.4 Å². The van der Waals surface area contributed by atoms with Gasteiger partial charge >= 0.3 is 0 Å². The molecule has 29 heavy (non-hydrogen) atoms. The fraction of sp³-hybridized carbons (Fsp3) is 0.286. The van der Waals surface area contributed by atoms with Gasteiger partial charge in [-0.1, -0.05) is 30.3 Å². The molecule has 0 unspecified atom stereocenters. The molecule has 0 spiro atoms. The Hall–Kier alpha value is -2.68. The highest BCUT2D eigenvalue weighted by Crippen LogP contribution is 2.20. The Labute approximate surface area is 171 Å². The third-order valence-corrected chi connectivity index (χ3v) is 6.24. The van der Waals surface area contributed by atoms with Crippen molar-refractivity contribution in [1.82, 2.24) is 9.62 Å². The Bertz CT molecular complexity index is 921. The number of sulfonamides is 1. The lowest BCUT2D eigenvalue weighted by Gasteiger charge is -2.26. The van der Waals surface area contributed by atoms with Gasteiger partial charge < -0.3 is 14.8 Å². The summed E-state index contributed by atoms with van der Waals surface area (Å²) in [5, 5.41) is 2.74. The van der Waals surface area contributed by atoms with Gasteiger partial charge in [0, 0.05) is 19.2 Å². The molecule has 3 rings (SSSR count). The molecule has 0 aromatic heterocycles. The molecule has 0 bridgehead atoms. The molecule has 1 N–H and O–H groups in total. The molecule has 0 saturated carbocycles. The number of nitrogens with one attached hydrogen (secondary N) is 1. The van der Waals surface area contributed by atoms with Crippen LogP contribution in [0.15, 0.2) is 65.6 Å². The number of ether oxygens (including phenoxy) is 2. The molecule has 0 radical (unpaired) electrons. The second-order valence-electron chi connectivity index (χ2n) is 6.37. The maximum Gasteiger partial charge on any atom is 0.244 e. The first-order valence-electron chi connectivity index (χ1n) is 9.37. The van der Waals surface area contributed by atoms with Crippen LogP contribution in [0.5, 0.6) is 5.75 Å².